The summed E-state index contributed by atoms with van der Waals surface area (Å²) in [7, 11) is 1.85. The lowest BCUT2D eigenvalue weighted by molar-refractivity contribution is 0.420. The van der Waals surface area contributed by atoms with Gasteiger partial charge in [-0.15, -0.1) is 11.8 Å². The van der Waals surface area contributed by atoms with Gasteiger partial charge in [0.1, 0.15) is 17.4 Å². The Kier molecular flexibility index (Phi) is 4.35. The molecular formula is C18H15N3OS. The van der Waals surface area contributed by atoms with Crippen molar-refractivity contribution < 1.29 is 5.11 Å². The first-order valence-corrected chi connectivity index (χ1v) is 8.11. The SMILES string of the molecule is Cn1c(/C(C#N)=C(\O)CSc2ccccc2)nc2ccccc21. The maximum Gasteiger partial charge on any atom is 0.155 e. The fourth-order valence-electron chi connectivity index (χ4n) is 2.35. The summed E-state index contributed by atoms with van der Waals surface area (Å²) in [5, 5.41) is 19.8. The number of imidazole rings is 1. The Hall–Kier alpha value is -2.71. The number of allylic oxidation sites excluding steroid dienone is 1. The first kappa shape index (κ1) is 15.2. The van der Waals surface area contributed by atoms with Gasteiger partial charge in [0.15, 0.2) is 5.82 Å². The average molecular weight is 321 g/mol. The van der Waals surface area contributed by atoms with Crippen LogP contribution in [0.1, 0.15) is 5.82 Å². The first-order valence-electron chi connectivity index (χ1n) is 7.12. The van der Waals surface area contributed by atoms with E-state index < -0.39 is 0 Å². The summed E-state index contributed by atoms with van der Waals surface area (Å²) in [4.78, 5) is 5.52. The summed E-state index contributed by atoms with van der Waals surface area (Å²) in [5.74, 6) is 0.857. The van der Waals surface area contributed by atoms with E-state index in [4.69, 9.17) is 0 Å². The molecule has 0 spiro atoms. The number of rotatable bonds is 4. The number of benzene rings is 2. The first-order chi connectivity index (χ1) is 11.2. The van der Waals surface area contributed by atoms with Crippen molar-refractivity contribution in [2.24, 2.45) is 7.05 Å². The molecule has 0 atom stereocenters. The zero-order valence-electron chi connectivity index (χ0n) is 12.6. The summed E-state index contributed by atoms with van der Waals surface area (Å²) < 4.78 is 1.83. The molecule has 23 heavy (non-hydrogen) atoms. The van der Waals surface area contributed by atoms with Crippen molar-refractivity contribution in [3.63, 3.8) is 0 Å². The summed E-state index contributed by atoms with van der Waals surface area (Å²) in [6, 6.07) is 19.5. The highest BCUT2D eigenvalue weighted by atomic mass is 32.2. The molecule has 0 aliphatic heterocycles. The van der Waals surface area contributed by atoms with Gasteiger partial charge in [0, 0.05) is 11.9 Å². The molecule has 3 rings (SSSR count). The van der Waals surface area contributed by atoms with Gasteiger partial charge in [-0.1, -0.05) is 30.3 Å². The predicted octanol–water partition coefficient (Wildman–Crippen LogP) is 4.16. The van der Waals surface area contributed by atoms with Crippen LogP contribution in [-0.2, 0) is 7.05 Å². The lowest BCUT2D eigenvalue weighted by Gasteiger charge is -2.05. The van der Waals surface area contributed by atoms with Crippen LogP contribution >= 0.6 is 11.8 Å². The number of aryl methyl sites for hydroxylation is 1. The molecule has 5 heteroatoms. The molecule has 1 heterocycles. The molecule has 0 amide bonds. The summed E-state index contributed by atoms with van der Waals surface area (Å²) in [5.41, 5.74) is 1.95. The minimum absolute atomic E-state index is 0.0414. The molecule has 0 saturated heterocycles. The van der Waals surface area contributed by atoms with Crippen LogP contribution in [0.5, 0.6) is 0 Å². The molecule has 4 nitrogen and oxygen atoms in total. The largest absolute Gasteiger partial charge is 0.510 e. The van der Waals surface area contributed by atoms with Crippen molar-refractivity contribution in [3.05, 3.63) is 66.2 Å². The van der Waals surface area contributed by atoms with Gasteiger partial charge in [0.05, 0.1) is 16.8 Å². The van der Waals surface area contributed by atoms with Crippen LogP contribution in [0.3, 0.4) is 0 Å². The number of aromatic nitrogens is 2. The van der Waals surface area contributed by atoms with Gasteiger partial charge in [0.25, 0.3) is 0 Å². The van der Waals surface area contributed by atoms with E-state index in [1.807, 2.05) is 66.2 Å². The third-order valence-corrected chi connectivity index (χ3v) is 4.55. The van der Waals surface area contributed by atoms with Crippen LogP contribution in [-0.4, -0.2) is 20.4 Å². The number of hydrogen-bond donors (Lipinski definition) is 1. The summed E-state index contributed by atoms with van der Waals surface area (Å²) in [6.07, 6.45) is 0. The molecule has 3 aromatic rings. The monoisotopic (exact) mass is 321 g/mol. The fraction of sp³-hybridized carbons (Fsp3) is 0.111. The van der Waals surface area contributed by atoms with Crippen molar-refractivity contribution in [2.75, 3.05) is 5.75 Å². The minimum Gasteiger partial charge on any atom is -0.510 e. The van der Waals surface area contributed by atoms with Crippen molar-refractivity contribution in [1.82, 2.24) is 9.55 Å². The summed E-state index contributed by atoms with van der Waals surface area (Å²) in [6.45, 7) is 0. The second-order valence-electron chi connectivity index (χ2n) is 5.02. The number of aliphatic hydroxyl groups is 1. The third-order valence-electron chi connectivity index (χ3n) is 3.53. The number of para-hydroxylation sites is 2. The van der Waals surface area contributed by atoms with Gasteiger partial charge in [-0.25, -0.2) is 4.98 Å². The van der Waals surface area contributed by atoms with Gasteiger partial charge < -0.3 is 9.67 Å². The maximum absolute atomic E-state index is 10.4. The Labute approximate surface area is 138 Å². The van der Waals surface area contributed by atoms with Crippen LogP contribution in [0.2, 0.25) is 0 Å². The molecule has 0 bridgehead atoms. The number of thioether (sulfide) groups is 1. The van der Waals surface area contributed by atoms with E-state index in [1.54, 1.807) is 0 Å². The quantitative estimate of drug-likeness (QED) is 0.445. The maximum atomic E-state index is 10.4. The molecule has 0 aliphatic carbocycles. The molecule has 0 radical (unpaired) electrons. The van der Waals surface area contributed by atoms with Crippen molar-refractivity contribution in [1.29, 1.82) is 5.26 Å². The second kappa shape index (κ2) is 6.59. The zero-order valence-corrected chi connectivity index (χ0v) is 13.4. The smallest absolute Gasteiger partial charge is 0.155 e. The Morgan fingerprint density at radius 2 is 1.87 bits per heavy atom. The Balaban J connectivity index is 1.93. The Morgan fingerprint density at radius 1 is 1.17 bits per heavy atom. The minimum atomic E-state index is 0.0414. The number of nitriles is 1. The topological polar surface area (TPSA) is 61.8 Å². The molecule has 0 saturated carbocycles. The van der Waals surface area contributed by atoms with Gasteiger partial charge in [-0.2, -0.15) is 5.26 Å². The standard InChI is InChI=1S/C18H15N3OS/c1-21-16-10-6-5-9-15(16)20-18(21)14(11-19)17(22)12-23-13-7-3-2-4-8-13/h2-10,22H,12H2,1H3/b17-14-. The Bertz CT molecular complexity index is 907. The highest BCUT2D eigenvalue weighted by Crippen LogP contribution is 2.25. The van der Waals surface area contributed by atoms with Crippen molar-refractivity contribution in [2.45, 2.75) is 4.90 Å². The van der Waals surface area contributed by atoms with E-state index in [2.05, 4.69) is 11.1 Å². The van der Waals surface area contributed by atoms with E-state index in [-0.39, 0.29) is 11.3 Å². The van der Waals surface area contributed by atoms with Crippen LogP contribution in [0.15, 0.2) is 65.3 Å². The van der Waals surface area contributed by atoms with E-state index in [0.29, 0.717) is 11.6 Å². The molecule has 0 unspecified atom stereocenters. The highest BCUT2D eigenvalue weighted by Gasteiger charge is 2.16. The van der Waals surface area contributed by atoms with Gasteiger partial charge in [-0.05, 0) is 24.3 Å². The van der Waals surface area contributed by atoms with E-state index in [9.17, 15) is 10.4 Å². The summed E-state index contributed by atoms with van der Waals surface area (Å²) >= 11 is 1.48. The van der Waals surface area contributed by atoms with Crippen LogP contribution in [0, 0.1) is 11.3 Å². The molecule has 2 aromatic carbocycles. The molecular weight excluding hydrogens is 306 g/mol. The van der Waals surface area contributed by atoms with Gasteiger partial charge in [0.2, 0.25) is 0 Å². The van der Waals surface area contributed by atoms with Crippen LogP contribution < -0.4 is 0 Å². The van der Waals surface area contributed by atoms with Crippen molar-refractivity contribution >= 4 is 28.4 Å². The normalized spacial score (nSPS) is 12.0. The van der Waals surface area contributed by atoms with E-state index in [1.165, 1.54) is 11.8 Å². The third kappa shape index (κ3) is 3.08. The number of aliphatic hydroxyl groups excluding tert-OH is 1. The zero-order chi connectivity index (χ0) is 16.2. The second-order valence-corrected chi connectivity index (χ2v) is 6.07. The lowest BCUT2D eigenvalue weighted by atomic mass is 10.2. The van der Waals surface area contributed by atoms with Crippen LogP contribution in [0.25, 0.3) is 16.6 Å². The number of fused-ring (bicyclic) bond motifs is 1. The fourth-order valence-corrected chi connectivity index (χ4v) is 3.15. The molecule has 0 fully saturated rings. The van der Waals surface area contributed by atoms with Gasteiger partial charge >= 0.3 is 0 Å². The average Bonchev–Trinajstić information content (AvgIpc) is 2.92. The molecule has 0 aliphatic rings. The molecule has 1 aromatic heterocycles. The predicted molar refractivity (Wildman–Crippen MR) is 93.0 cm³/mol. The van der Waals surface area contributed by atoms with Crippen LogP contribution in [0.4, 0.5) is 0 Å². The molecule has 114 valence electrons. The van der Waals surface area contributed by atoms with E-state index >= 15 is 0 Å². The molecule has 1 N–H and O–H groups in total. The van der Waals surface area contributed by atoms with E-state index in [0.717, 1.165) is 15.9 Å². The Morgan fingerprint density at radius 3 is 2.57 bits per heavy atom. The van der Waals surface area contributed by atoms with Gasteiger partial charge in [-0.3, -0.25) is 0 Å². The number of hydrogen-bond acceptors (Lipinski definition) is 4. The highest BCUT2D eigenvalue weighted by molar-refractivity contribution is 7.99. The lowest BCUT2D eigenvalue weighted by Crippen LogP contribution is -2.00. The van der Waals surface area contributed by atoms with Crippen molar-refractivity contribution in [3.8, 4) is 6.07 Å². The number of nitrogens with zero attached hydrogens (tertiary/aromatic N) is 3.